The Morgan fingerprint density at radius 1 is 1.14 bits per heavy atom. The number of nitrogens with zero attached hydrogens (tertiary/aromatic N) is 4. The number of benzene rings is 2. The lowest BCUT2D eigenvalue weighted by atomic mass is 10.2. The molecule has 0 aliphatic rings. The molecule has 0 saturated heterocycles. The van der Waals surface area contributed by atoms with Gasteiger partial charge in [-0.2, -0.15) is 0 Å². The van der Waals surface area contributed by atoms with E-state index in [0.29, 0.717) is 23.1 Å². The van der Waals surface area contributed by atoms with Crippen LogP contribution in [-0.2, 0) is 11.8 Å². The molecule has 29 heavy (non-hydrogen) atoms. The summed E-state index contributed by atoms with van der Waals surface area (Å²) in [7, 11) is 3.80. The Labute approximate surface area is 174 Å². The van der Waals surface area contributed by atoms with Crippen LogP contribution in [-0.4, -0.2) is 46.6 Å². The second-order valence-electron chi connectivity index (χ2n) is 6.59. The first-order chi connectivity index (χ1) is 14.1. The van der Waals surface area contributed by atoms with Gasteiger partial charge >= 0.3 is 0 Å². The van der Waals surface area contributed by atoms with Gasteiger partial charge in [-0.3, -0.25) is 4.79 Å². The number of nitrogens with one attached hydrogen (secondary N) is 1. The van der Waals surface area contributed by atoms with Gasteiger partial charge in [-0.15, -0.1) is 10.2 Å². The van der Waals surface area contributed by atoms with Gasteiger partial charge < -0.3 is 14.8 Å². The van der Waals surface area contributed by atoms with Crippen molar-refractivity contribution in [2.24, 2.45) is 7.05 Å². The maximum atomic E-state index is 14.0. The van der Waals surface area contributed by atoms with Crippen molar-refractivity contribution in [3.63, 3.8) is 0 Å². The molecule has 0 atom stereocenters. The average molecular weight is 414 g/mol. The standard InChI is InChI=1S/C21H24FN5OS/c1-26(16-9-4-3-5-10-16)14-8-13-23-19(28)15-29-21-25-24-20(27(21)2)17-11-6-7-12-18(17)22/h3-7,9-12H,8,13-15H2,1-2H3,(H,23,28). The number of thioether (sulfide) groups is 1. The summed E-state index contributed by atoms with van der Waals surface area (Å²) in [6.45, 7) is 1.46. The van der Waals surface area contributed by atoms with Crippen LogP contribution in [0.2, 0.25) is 0 Å². The summed E-state index contributed by atoms with van der Waals surface area (Å²) in [5.41, 5.74) is 1.55. The van der Waals surface area contributed by atoms with E-state index in [0.717, 1.165) is 18.7 Å². The molecule has 1 aromatic heterocycles. The molecule has 0 fully saturated rings. The van der Waals surface area contributed by atoms with Crippen molar-refractivity contribution in [1.29, 1.82) is 0 Å². The molecule has 0 radical (unpaired) electrons. The normalized spacial score (nSPS) is 10.7. The van der Waals surface area contributed by atoms with E-state index < -0.39 is 0 Å². The molecule has 2 aromatic carbocycles. The average Bonchev–Trinajstić information content (AvgIpc) is 3.10. The molecule has 0 unspecified atom stereocenters. The summed E-state index contributed by atoms with van der Waals surface area (Å²) in [6.07, 6.45) is 0.850. The zero-order chi connectivity index (χ0) is 20.6. The number of aromatic nitrogens is 3. The van der Waals surface area contributed by atoms with Gasteiger partial charge in [0.1, 0.15) is 5.82 Å². The lowest BCUT2D eigenvalue weighted by molar-refractivity contribution is -0.118. The van der Waals surface area contributed by atoms with E-state index in [2.05, 4.69) is 32.5 Å². The molecule has 0 saturated carbocycles. The molecular formula is C21H24FN5OS. The Balaban J connectivity index is 1.43. The van der Waals surface area contributed by atoms with E-state index >= 15 is 0 Å². The van der Waals surface area contributed by atoms with Gasteiger partial charge in [0.2, 0.25) is 5.91 Å². The highest BCUT2D eigenvalue weighted by molar-refractivity contribution is 7.99. The van der Waals surface area contributed by atoms with Crippen LogP contribution in [0.15, 0.2) is 59.8 Å². The van der Waals surface area contributed by atoms with Crippen LogP contribution < -0.4 is 10.2 Å². The Morgan fingerprint density at radius 3 is 2.62 bits per heavy atom. The van der Waals surface area contributed by atoms with E-state index in [9.17, 15) is 9.18 Å². The quantitative estimate of drug-likeness (QED) is 0.431. The third-order valence-electron chi connectivity index (χ3n) is 4.47. The fourth-order valence-electron chi connectivity index (χ4n) is 2.85. The highest BCUT2D eigenvalue weighted by Gasteiger charge is 2.15. The van der Waals surface area contributed by atoms with Crippen molar-refractivity contribution in [3.05, 3.63) is 60.4 Å². The van der Waals surface area contributed by atoms with Gasteiger partial charge in [0.05, 0.1) is 11.3 Å². The second kappa shape index (κ2) is 10.1. The molecule has 152 valence electrons. The van der Waals surface area contributed by atoms with Crippen LogP contribution in [0.1, 0.15) is 6.42 Å². The summed E-state index contributed by atoms with van der Waals surface area (Å²) in [6, 6.07) is 16.6. The van der Waals surface area contributed by atoms with E-state index in [-0.39, 0.29) is 17.5 Å². The van der Waals surface area contributed by atoms with Crippen LogP contribution in [0, 0.1) is 5.82 Å². The first kappa shape index (κ1) is 20.9. The molecular weight excluding hydrogens is 389 g/mol. The van der Waals surface area contributed by atoms with Crippen LogP contribution in [0.4, 0.5) is 10.1 Å². The maximum Gasteiger partial charge on any atom is 0.230 e. The minimum absolute atomic E-state index is 0.0622. The molecule has 8 heteroatoms. The minimum Gasteiger partial charge on any atom is -0.375 e. The van der Waals surface area contributed by atoms with Gasteiger partial charge in [-0.05, 0) is 30.7 Å². The number of carbonyl (C=O) groups excluding carboxylic acids is 1. The molecule has 0 bridgehead atoms. The number of hydrogen-bond acceptors (Lipinski definition) is 5. The Bertz CT molecular complexity index is 947. The fraction of sp³-hybridized carbons (Fsp3) is 0.286. The minimum atomic E-state index is -0.349. The third-order valence-corrected chi connectivity index (χ3v) is 5.49. The lowest BCUT2D eigenvalue weighted by Crippen LogP contribution is -2.29. The number of para-hydroxylation sites is 1. The predicted octanol–water partition coefficient (Wildman–Crippen LogP) is 3.36. The van der Waals surface area contributed by atoms with E-state index in [1.54, 1.807) is 29.8 Å². The number of rotatable bonds is 9. The zero-order valence-electron chi connectivity index (χ0n) is 16.5. The Kier molecular flexibility index (Phi) is 7.24. The molecule has 3 aromatic rings. The largest absolute Gasteiger partial charge is 0.375 e. The number of carbonyl (C=O) groups is 1. The fourth-order valence-corrected chi connectivity index (χ4v) is 3.60. The highest BCUT2D eigenvalue weighted by atomic mass is 32.2. The molecule has 6 nitrogen and oxygen atoms in total. The van der Waals surface area contributed by atoms with Gasteiger partial charge in [-0.1, -0.05) is 42.1 Å². The SMILES string of the molecule is CN(CCCNC(=O)CSc1nnc(-c2ccccc2F)n1C)c1ccccc1. The third kappa shape index (κ3) is 5.57. The number of amides is 1. The first-order valence-corrected chi connectivity index (χ1v) is 10.3. The van der Waals surface area contributed by atoms with Gasteiger partial charge in [0.25, 0.3) is 0 Å². The Morgan fingerprint density at radius 2 is 1.86 bits per heavy atom. The van der Waals surface area contributed by atoms with Crippen molar-refractivity contribution in [1.82, 2.24) is 20.1 Å². The van der Waals surface area contributed by atoms with Crippen LogP contribution in [0.5, 0.6) is 0 Å². The monoisotopic (exact) mass is 413 g/mol. The van der Waals surface area contributed by atoms with Crippen molar-refractivity contribution in [2.75, 3.05) is 30.8 Å². The van der Waals surface area contributed by atoms with Crippen LogP contribution in [0.25, 0.3) is 11.4 Å². The number of hydrogen-bond donors (Lipinski definition) is 1. The molecule has 1 amide bonds. The Hall–Kier alpha value is -2.87. The molecule has 0 aliphatic heterocycles. The summed E-state index contributed by atoms with van der Waals surface area (Å²) in [5.74, 6) is 0.262. The second-order valence-corrected chi connectivity index (χ2v) is 7.54. The molecule has 3 rings (SSSR count). The predicted molar refractivity (Wildman–Crippen MR) is 114 cm³/mol. The molecule has 1 N–H and O–H groups in total. The van der Waals surface area contributed by atoms with E-state index in [1.165, 1.54) is 17.8 Å². The van der Waals surface area contributed by atoms with Crippen molar-refractivity contribution < 1.29 is 9.18 Å². The van der Waals surface area contributed by atoms with Crippen molar-refractivity contribution >= 4 is 23.4 Å². The topological polar surface area (TPSA) is 63.1 Å². The zero-order valence-corrected chi connectivity index (χ0v) is 17.3. The van der Waals surface area contributed by atoms with Gasteiger partial charge in [0, 0.05) is 32.9 Å². The van der Waals surface area contributed by atoms with E-state index in [4.69, 9.17) is 0 Å². The molecule has 1 heterocycles. The summed E-state index contributed by atoms with van der Waals surface area (Å²) < 4.78 is 15.7. The lowest BCUT2D eigenvalue weighted by Gasteiger charge is -2.19. The van der Waals surface area contributed by atoms with Gasteiger partial charge in [-0.25, -0.2) is 4.39 Å². The molecule has 0 aliphatic carbocycles. The number of halogens is 1. The van der Waals surface area contributed by atoms with Crippen LogP contribution >= 0.6 is 11.8 Å². The maximum absolute atomic E-state index is 14.0. The molecule has 0 spiro atoms. The smallest absolute Gasteiger partial charge is 0.230 e. The summed E-state index contributed by atoms with van der Waals surface area (Å²) in [4.78, 5) is 14.3. The summed E-state index contributed by atoms with van der Waals surface area (Å²) in [5, 5.41) is 11.6. The first-order valence-electron chi connectivity index (χ1n) is 9.36. The van der Waals surface area contributed by atoms with Gasteiger partial charge in [0.15, 0.2) is 11.0 Å². The van der Waals surface area contributed by atoms with E-state index in [1.807, 2.05) is 25.2 Å². The van der Waals surface area contributed by atoms with Crippen LogP contribution in [0.3, 0.4) is 0 Å². The summed E-state index contributed by atoms with van der Waals surface area (Å²) >= 11 is 1.28. The highest BCUT2D eigenvalue weighted by Crippen LogP contribution is 2.24. The number of anilines is 1. The van der Waals surface area contributed by atoms with Crippen molar-refractivity contribution in [3.8, 4) is 11.4 Å². The van der Waals surface area contributed by atoms with Crippen molar-refractivity contribution in [2.45, 2.75) is 11.6 Å².